The highest BCUT2D eigenvalue weighted by atomic mass is 32.2. The predicted molar refractivity (Wildman–Crippen MR) is 73.8 cm³/mol. The van der Waals surface area contributed by atoms with E-state index < -0.39 is 17.4 Å². The summed E-state index contributed by atoms with van der Waals surface area (Å²) in [5.41, 5.74) is -1.26. The van der Waals surface area contributed by atoms with Gasteiger partial charge in [0.1, 0.15) is 11.3 Å². The normalized spacial score (nSPS) is 17.6. The lowest BCUT2D eigenvalue weighted by Crippen LogP contribution is -2.57. The molecule has 110 valence electrons. The molecule has 2 heterocycles. The van der Waals surface area contributed by atoms with Gasteiger partial charge >= 0.3 is 5.97 Å². The Bertz CT molecular complexity index is 493. The monoisotopic (exact) mass is 299 g/mol. The molecule has 0 aromatic carbocycles. The van der Waals surface area contributed by atoms with Crippen molar-refractivity contribution < 1.29 is 23.8 Å². The Kier molecular flexibility index (Phi) is 4.72. The molecule has 0 saturated carbocycles. The molecule has 0 radical (unpaired) electrons. The topological polar surface area (TPSA) is 88.8 Å². The second kappa shape index (κ2) is 6.32. The van der Waals surface area contributed by atoms with Gasteiger partial charge in [-0.05, 0) is 18.4 Å². The first kappa shape index (κ1) is 14.9. The van der Waals surface area contributed by atoms with Gasteiger partial charge in [-0.2, -0.15) is 11.8 Å². The molecule has 1 aromatic heterocycles. The lowest BCUT2D eigenvalue weighted by Gasteiger charge is -2.33. The Morgan fingerprint density at radius 2 is 2.10 bits per heavy atom. The highest BCUT2D eigenvalue weighted by molar-refractivity contribution is 7.97. The number of thioether (sulfide) groups is 1. The van der Waals surface area contributed by atoms with E-state index in [2.05, 4.69) is 5.32 Å². The van der Waals surface area contributed by atoms with Gasteiger partial charge in [0.25, 0.3) is 5.91 Å². The molecule has 20 heavy (non-hydrogen) atoms. The first-order valence-corrected chi connectivity index (χ1v) is 7.68. The van der Waals surface area contributed by atoms with Crippen LogP contribution in [0.25, 0.3) is 0 Å². The Labute approximate surface area is 120 Å². The van der Waals surface area contributed by atoms with Gasteiger partial charge in [0, 0.05) is 26.1 Å². The number of hydrogen-bond donors (Lipinski definition) is 2. The summed E-state index contributed by atoms with van der Waals surface area (Å²) >= 11 is 1.58. The maximum atomic E-state index is 12.1. The van der Waals surface area contributed by atoms with Gasteiger partial charge in [0.2, 0.25) is 0 Å². The summed E-state index contributed by atoms with van der Waals surface area (Å²) in [5, 5.41) is 12.0. The fraction of sp³-hybridized carbons (Fsp3) is 0.538. The van der Waals surface area contributed by atoms with E-state index >= 15 is 0 Å². The smallest absolute Gasteiger partial charge is 0.329 e. The zero-order valence-electron chi connectivity index (χ0n) is 11.2. The largest absolute Gasteiger partial charge is 0.480 e. The van der Waals surface area contributed by atoms with Crippen LogP contribution in [0.1, 0.15) is 29.2 Å². The number of ether oxygens (including phenoxy) is 1. The number of carboxylic acids is 1. The molecule has 0 spiro atoms. The quantitative estimate of drug-likeness (QED) is 0.856. The number of hydrogen-bond acceptors (Lipinski definition) is 5. The Balaban J connectivity index is 2.09. The van der Waals surface area contributed by atoms with Crippen molar-refractivity contribution in [3.8, 4) is 0 Å². The van der Waals surface area contributed by atoms with Crippen LogP contribution >= 0.6 is 11.8 Å². The second-order valence-electron chi connectivity index (χ2n) is 4.65. The van der Waals surface area contributed by atoms with Crippen LogP contribution in [0.4, 0.5) is 0 Å². The maximum Gasteiger partial charge on any atom is 0.329 e. The number of furan rings is 1. The van der Waals surface area contributed by atoms with Crippen molar-refractivity contribution in [3.05, 3.63) is 23.7 Å². The third-order valence-electron chi connectivity index (χ3n) is 3.28. The van der Waals surface area contributed by atoms with Crippen LogP contribution in [0.2, 0.25) is 0 Å². The second-order valence-corrected chi connectivity index (χ2v) is 5.52. The SMILES string of the molecule is CSCc1ccc(C(=O)NC2(C(=O)O)CCOCC2)o1. The molecule has 1 amide bonds. The van der Waals surface area contributed by atoms with Crippen LogP contribution in [-0.2, 0) is 15.3 Å². The van der Waals surface area contributed by atoms with Crippen LogP contribution in [-0.4, -0.2) is 42.0 Å². The molecule has 2 rings (SSSR count). The molecule has 1 aliphatic heterocycles. The van der Waals surface area contributed by atoms with E-state index in [4.69, 9.17) is 9.15 Å². The third kappa shape index (κ3) is 3.16. The number of aliphatic carboxylic acids is 1. The van der Waals surface area contributed by atoms with Crippen LogP contribution in [0.5, 0.6) is 0 Å². The minimum atomic E-state index is -1.26. The standard InChI is InChI=1S/C13H17NO5S/c1-20-8-9-2-3-10(19-9)11(15)14-13(12(16)17)4-6-18-7-5-13/h2-3H,4-8H2,1H3,(H,14,15)(H,16,17). The summed E-state index contributed by atoms with van der Waals surface area (Å²) in [4.78, 5) is 23.6. The fourth-order valence-corrected chi connectivity index (χ4v) is 2.55. The number of carboxylic acid groups (broad SMARTS) is 1. The molecular formula is C13H17NO5S. The minimum absolute atomic E-state index is 0.140. The molecule has 1 fully saturated rings. The van der Waals surface area contributed by atoms with Crippen molar-refractivity contribution in [2.75, 3.05) is 19.5 Å². The van der Waals surface area contributed by atoms with Crippen molar-refractivity contribution in [3.63, 3.8) is 0 Å². The molecule has 7 heteroatoms. The molecule has 6 nitrogen and oxygen atoms in total. The highest BCUT2D eigenvalue weighted by Crippen LogP contribution is 2.22. The Morgan fingerprint density at radius 1 is 1.40 bits per heavy atom. The molecular weight excluding hydrogens is 282 g/mol. The summed E-state index contributed by atoms with van der Waals surface area (Å²) in [7, 11) is 0. The van der Waals surface area contributed by atoms with Gasteiger partial charge in [-0.15, -0.1) is 0 Å². The average Bonchev–Trinajstić information content (AvgIpc) is 2.89. The maximum absolute atomic E-state index is 12.1. The lowest BCUT2D eigenvalue weighted by atomic mass is 9.90. The van der Waals surface area contributed by atoms with E-state index in [1.54, 1.807) is 23.9 Å². The zero-order valence-corrected chi connectivity index (χ0v) is 12.0. The molecule has 0 aliphatic carbocycles. The molecule has 1 saturated heterocycles. The van der Waals surface area contributed by atoms with Crippen molar-refractivity contribution in [1.82, 2.24) is 5.32 Å². The number of rotatable bonds is 5. The van der Waals surface area contributed by atoms with E-state index in [1.807, 2.05) is 6.26 Å². The fourth-order valence-electron chi connectivity index (χ4n) is 2.11. The van der Waals surface area contributed by atoms with E-state index in [0.717, 1.165) is 0 Å². The summed E-state index contributed by atoms with van der Waals surface area (Å²) in [5.74, 6) is -0.0302. The number of amides is 1. The Morgan fingerprint density at radius 3 is 2.70 bits per heavy atom. The first-order chi connectivity index (χ1) is 9.57. The average molecular weight is 299 g/mol. The van der Waals surface area contributed by atoms with E-state index in [9.17, 15) is 14.7 Å². The first-order valence-electron chi connectivity index (χ1n) is 6.29. The van der Waals surface area contributed by atoms with Crippen molar-refractivity contribution in [2.45, 2.75) is 24.1 Å². The molecule has 0 atom stereocenters. The molecule has 1 aromatic rings. The van der Waals surface area contributed by atoms with Gasteiger partial charge in [-0.1, -0.05) is 0 Å². The van der Waals surface area contributed by atoms with Gasteiger partial charge in [-0.25, -0.2) is 4.79 Å². The minimum Gasteiger partial charge on any atom is -0.480 e. The summed E-state index contributed by atoms with van der Waals surface area (Å²) in [6.07, 6.45) is 2.45. The third-order valence-corrected chi connectivity index (χ3v) is 3.85. The molecule has 1 aliphatic rings. The van der Waals surface area contributed by atoms with Crippen LogP contribution in [0.15, 0.2) is 16.5 Å². The van der Waals surface area contributed by atoms with Crippen molar-refractivity contribution in [1.29, 1.82) is 0 Å². The molecule has 2 N–H and O–H groups in total. The van der Waals surface area contributed by atoms with E-state index in [0.29, 0.717) is 24.7 Å². The Hall–Kier alpha value is -1.47. The summed E-state index contributed by atoms with van der Waals surface area (Å²) in [6.45, 7) is 0.644. The van der Waals surface area contributed by atoms with E-state index in [-0.39, 0.29) is 18.6 Å². The van der Waals surface area contributed by atoms with Crippen molar-refractivity contribution >= 4 is 23.6 Å². The van der Waals surface area contributed by atoms with Crippen LogP contribution < -0.4 is 5.32 Å². The summed E-state index contributed by atoms with van der Waals surface area (Å²) in [6, 6.07) is 3.29. The van der Waals surface area contributed by atoms with Crippen LogP contribution in [0.3, 0.4) is 0 Å². The lowest BCUT2D eigenvalue weighted by molar-refractivity contribution is -0.148. The van der Waals surface area contributed by atoms with Gasteiger partial charge in [0.05, 0.1) is 5.75 Å². The van der Waals surface area contributed by atoms with Crippen molar-refractivity contribution in [2.24, 2.45) is 0 Å². The van der Waals surface area contributed by atoms with Crippen LogP contribution in [0, 0.1) is 0 Å². The highest BCUT2D eigenvalue weighted by Gasteiger charge is 2.42. The van der Waals surface area contributed by atoms with Gasteiger partial charge in [-0.3, -0.25) is 4.79 Å². The number of nitrogens with one attached hydrogen (secondary N) is 1. The predicted octanol–water partition coefficient (Wildman–Crippen LogP) is 1.51. The number of carbonyl (C=O) groups excluding carboxylic acids is 1. The molecule has 0 unspecified atom stereocenters. The van der Waals surface area contributed by atoms with Gasteiger partial charge in [0.15, 0.2) is 5.76 Å². The number of carbonyl (C=O) groups is 2. The van der Waals surface area contributed by atoms with Gasteiger partial charge < -0.3 is 19.6 Å². The zero-order chi connectivity index (χ0) is 14.6. The van der Waals surface area contributed by atoms with E-state index in [1.165, 1.54) is 0 Å². The molecule has 0 bridgehead atoms. The summed E-state index contributed by atoms with van der Waals surface area (Å²) < 4.78 is 10.6.